The minimum atomic E-state index is -1.04. The van der Waals surface area contributed by atoms with E-state index in [1.807, 2.05) is 18.2 Å². The number of carboxylic acid groups (broad SMARTS) is 1. The third-order valence-corrected chi connectivity index (χ3v) is 3.00. The maximum atomic E-state index is 11.6. The molecule has 0 aromatic heterocycles. The summed E-state index contributed by atoms with van der Waals surface area (Å²) in [5.74, 6) is 0.0736. The van der Waals surface area contributed by atoms with Gasteiger partial charge in [-0.2, -0.15) is 0 Å². The Bertz CT molecular complexity index is 514. The molecule has 6 heteroatoms. The zero-order valence-electron chi connectivity index (χ0n) is 11.2. The number of aryl methyl sites for hydroxylation is 1. The fourth-order valence-electron chi connectivity index (χ4n) is 1.88. The smallest absolute Gasteiger partial charge is 0.325 e. The second-order valence-electron chi connectivity index (χ2n) is 4.61. The van der Waals surface area contributed by atoms with Crippen LogP contribution in [-0.4, -0.2) is 36.2 Å². The van der Waals surface area contributed by atoms with Crippen LogP contribution in [0.3, 0.4) is 0 Å². The van der Waals surface area contributed by atoms with Gasteiger partial charge in [0.15, 0.2) is 11.5 Å². The second-order valence-corrected chi connectivity index (χ2v) is 4.61. The lowest BCUT2D eigenvalue weighted by atomic mass is 10.1. The van der Waals surface area contributed by atoms with E-state index in [1.54, 1.807) is 0 Å². The van der Waals surface area contributed by atoms with Gasteiger partial charge >= 0.3 is 5.97 Å². The van der Waals surface area contributed by atoms with E-state index in [9.17, 15) is 9.59 Å². The molecule has 0 saturated carbocycles. The minimum absolute atomic E-state index is 0.233. The van der Waals surface area contributed by atoms with Gasteiger partial charge < -0.3 is 19.9 Å². The zero-order chi connectivity index (χ0) is 14.5. The molecule has 1 aromatic rings. The molecule has 0 unspecified atom stereocenters. The number of fused-ring (bicyclic) bond motifs is 1. The van der Waals surface area contributed by atoms with E-state index in [0.29, 0.717) is 31.1 Å². The molecule has 0 saturated heterocycles. The maximum absolute atomic E-state index is 11.6. The fourth-order valence-corrected chi connectivity index (χ4v) is 1.88. The number of rotatable bonds is 5. The molecule has 0 fully saturated rings. The van der Waals surface area contributed by atoms with Crippen LogP contribution >= 0.6 is 0 Å². The first-order valence-corrected chi connectivity index (χ1v) is 6.47. The highest BCUT2D eigenvalue weighted by molar-refractivity contribution is 5.83. The first-order chi connectivity index (χ1) is 9.56. The van der Waals surface area contributed by atoms with Crippen molar-refractivity contribution in [3.05, 3.63) is 23.8 Å². The molecule has 0 spiro atoms. The normalized spacial score (nSPS) is 14.4. The maximum Gasteiger partial charge on any atom is 0.325 e. The van der Waals surface area contributed by atoms with Crippen LogP contribution in [0.2, 0.25) is 0 Å². The van der Waals surface area contributed by atoms with Crippen LogP contribution in [0.25, 0.3) is 0 Å². The molecule has 0 radical (unpaired) electrons. The van der Waals surface area contributed by atoms with Crippen molar-refractivity contribution >= 4 is 11.9 Å². The number of carbonyl (C=O) groups is 2. The molecular weight excluding hydrogens is 262 g/mol. The summed E-state index contributed by atoms with van der Waals surface area (Å²) in [6.45, 7) is 2.50. The van der Waals surface area contributed by atoms with Crippen molar-refractivity contribution in [2.45, 2.75) is 25.8 Å². The van der Waals surface area contributed by atoms with Crippen LogP contribution < -0.4 is 14.8 Å². The van der Waals surface area contributed by atoms with E-state index in [4.69, 9.17) is 14.6 Å². The number of benzene rings is 1. The number of nitrogens with one attached hydrogen (secondary N) is 1. The van der Waals surface area contributed by atoms with Gasteiger partial charge in [-0.25, -0.2) is 0 Å². The monoisotopic (exact) mass is 279 g/mol. The highest BCUT2D eigenvalue weighted by Gasteiger charge is 2.15. The van der Waals surface area contributed by atoms with Crippen LogP contribution in [0, 0.1) is 0 Å². The molecule has 1 aliphatic rings. The van der Waals surface area contributed by atoms with Crippen LogP contribution in [0.4, 0.5) is 0 Å². The van der Waals surface area contributed by atoms with Gasteiger partial charge in [0.05, 0.1) is 0 Å². The van der Waals surface area contributed by atoms with E-state index in [0.717, 1.165) is 5.56 Å². The Morgan fingerprint density at radius 3 is 2.70 bits per heavy atom. The number of aliphatic carboxylic acids is 1. The summed E-state index contributed by atoms with van der Waals surface area (Å²) in [6.07, 6.45) is 0.756. The van der Waals surface area contributed by atoms with E-state index < -0.39 is 12.0 Å². The topological polar surface area (TPSA) is 84.9 Å². The summed E-state index contributed by atoms with van der Waals surface area (Å²) in [5.41, 5.74) is 0.951. The van der Waals surface area contributed by atoms with Crippen molar-refractivity contribution in [2.75, 3.05) is 13.2 Å². The number of ether oxygens (including phenoxy) is 2. The number of hydrogen-bond acceptors (Lipinski definition) is 4. The Kier molecular flexibility index (Phi) is 4.45. The number of carboxylic acids is 1. The van der Waals surface area contributed by atoms with Crippen molar-refractivity contribution in [3.63, 3.8) is 0 Å². The molecule has 108 valence electrons. The van der Waals surface area contributed by atoms with E-state index in [2.05, 4.69) is 5.32 Å². The summed E-state index contributed by atoms with van der Waals surface area (Å²) < 4.78 is 10.9. The lowest BCUT2D eigenvalue weighted by Crippen LogP contribution is -2.38. The van der Waals surface area contributed by atoms with Crippen LogP contribution in [-0.2, 0) is 16.0 Å². The molecule has 20 heavy (non-hydrogen) atoms. The molecule has 0 aliphatic carbocycles. The van der Waals surface area contributed by atoms with Gasteiger partial charge in [-0.15, -0.1) is 0 Å². The van der Waals surface area contributed by atoms with Gasteiger partial charge in [-0.1, -0.05) is 6.07 Å². The van der Waals surface area contributed by atoms with Crippen LogP contribution in [0.1, 0.15) is 18.9 Å². The Balaban J connectivity index is 1.88. The van der Waals surface area contributed by atoms with Gasteiger partial charge in [0, 0.05) is 6.42 Å². The molecule has 1 aromatic carbocycles. The van der Waals surface area contributed by atoms with Crippen molar-refractivity contribution in [1.82, 2.24) is 5.32 Å². The average Bonchev–Trinajstić information content (AvgIpc) is 2.44. The van der Waals surface area contributed by atoms with E-state index in [-0.39, 0.29) is 12.3 Å². The summed E-state index contributed by atoms with van der Waals surface area (Å²) >= 11 is 0. The quantitative estimate of drug-likeness (QED) is 0.839. The van der Waals surface area contributed by atoms with Crippen LogP contribution in [0.5, 0.6) is 11.5 Å². The Morgan fingerprint density at radius 2 is 2.00 bits per heavy atom. The predicted octanol–water partition coefficient (Wildman–Crippen LogP) is 0.980. The second kappa shape index (κ2) is 6.27. The average molecular weight is 279 g/mol. The highest BCUT2D eigenvalue weighted by atomic mass is 16.6. The fraction of sp³-hybridized carbons (Fsp3) is 0.429. The summed E-state index contributed by atoms with van der Waals surface area (Å²) in [5, 5.41) is 11.1. The van der Waals surface area contributed by atoms with Crippen molar-refractivity contribution in [2.24, 2.45) is 0 Å². The Hall–Kier alpha value is -2.24. The van der Waals surface area contributed by atoms with E-state index in [1.165, 1.54) is 6.92 Å². The third kappa shape index (κ3) is 3.63. The van der Waals surface area contributed by atoms with Crippen molar-refractivity contribution < 1.29 is 24.2 Å². The number of hydrogen-bond donors (Lipinski definition) is 2. The largest absolute Gasteiger partial charge is 0.486 e. The molecule has 2 N–H and O–H groups in total. The highest BCUT2D eigenvalue weighted by Crippen LogP contribution is 2.30. The molecule has 0 bridgehead atoms. The molecule has 2 rings (SSSR count). The molecule has 1 amide bonds. The first-order valence-electron chi connectivity index (χ1n) is 6.47. The summed E-state index contributed by atoms with van der Waals surface area (Å²) in [4.78, 5) is 22.2. The molecule has 6 nitrogen and oxygen atoms in total. The lowest BCUT2D eigenvalue weighted by Gasteiger charge is -2.18. The summed E-state index contributed by atoms with van der Waals surface area (Å²) in [7, 11) is 0. The van der Waals surface area contributed by atoms with Gasteiger partial charge in [0.25, 0.3) is 0 Å². The SMILES string of the molecule is C[C@@H](NC(=O)CCc1ccc2c(c1)OCCO2)C(=O)O. The van der Waals surface area contributed by atoms with Crippen LogP contribution in [0.15, 0.2) is 18.2 Å². The van der Waals surface area contributed by atoms with E-state index >= 15 is 0 Å². The minimum Gasteiger partial charge on any atom is -0.486 e. The number of amides is 1. The molecule has 1 aliphatic heterocycles. The Morgan fingerprint density at radius 1 is 1.30 bits per heavy atom. The molecule has 1 heterocycles. The molecular formula is C14H17NO5. The first kappa shape index (κ1) is 14.2. The standard InChI is InChI=1S/C14H17NO5/c1-9(14(17)18)15-13(16)5-3-10-2-4-11-12(8-10)20-7-6-19-11/h2,4,8-9H,3,5-7H2,1H3,(H,15,16)(H,17,18)/t9-/m1/s1. The summed E-state index contributed by atoms with van der Waals surface area (Å²) in [6, 6.07) is 4.67. The van der Waals surface area contributed by atoms with Gasteiger partial charge in [-0.3, -0.25) is 9.59 Å². The predicted molar refractivity (Wildman–Crippen MR) is 71.0 cm³/mol. The lowest BCUT2D eigenvalue weighted by molar-refractivity contribution is -0.141. The van der Waals surface area contributed by atoms with Gasteiger partial charge in [-0.05, 0) is 31.0 Å². The van der Waals surface area contributed by atoms with Crippen molar-refractivity contribution in [3.8, 4) is 11.5 Å². The number of carbonyl (C=O) groups excluding carboxylic acids is 1. The Labute approximate surface area is 116 Å². The molecule has 1 atom stereocenters. The zero-order valence-corrected chi connectivity index (χ0v) is 11.2. The van der Waals surface area contributed by atoms with Gasteiger partial charge in [0.2, 0.25) is 5.91 Å². The third-order valence-electron chi connectivity index (χ3n) is 3.00. The van der Waals surface area contributed by atoms with Crippen molar-refractivity contribution in [1.29, 1.82) is 0 Å². The van der Waals surface area contributed by atoms with Gasteiger partial charge in [0.1, 0.15) is 19.3 Å².